The van der Waals surface area contributed by atoms with Gasteiger partial charge in [-0.25, -0.2) is 0 Å². The summed E-state index contributed by atoms with van der Waals surface area (Å²) in [6.45, 7) is 0.114. The van der Waals surface area contributed by atoms with Crippen molar-refractivity contribution >= 4 is 28.6 Å². The Hall–Kier alpha value is -0.805. The van der Waals surface area contributed by atoms with Gasteiger partial charge in [-0.05, 0) is 0 Å². The number of carbonyl (C=O) groups excluding carboxylic acids is 1. The first-order chi connectivity index (χ1) is 5.81. The number of urea groups is 1. The molecule has 0 aliphatic carbocycles. The summed E-state index contributed by atoms with van der Waals surface area (Å²) in [5.74, 6) is 0. The van der Waals surface area contributed by atoms with Crippen LogP contribution in [0.15, 0.2) is 9.77 Å². The van der Waals surface area contributed by atoms with Gasteiger partial charge in [-0.1, -0.05) is 0 Å². The number of hydrogen-bond donors (Lipinski definition) is 3. The first kappa shape index (κ1) is 11.2. The molecule has 0 saturated heterocycles. The van der Waals surface area contributed by atoms with Gasteiger partial charge in [0.1, 0.15) is 0 Å². The van der Waals surface area contributed by atoms with Gasteiger partial charge >= 0.3 is 72.2 Å². The van der Waals surface area contributed by atoms with E-state index in [1.165, 1.54) is 13.2 Å². The number of rotatable bonds is 4. The standard InChI is InChI=1S/C4H10BN4O2P/c10-2-1-6-4(11)8-7-3-5-9-12/h3,10H,1-2,12H2,(H2,6,8,11). The molecule has 0 radical (unpaired) electrons. The number of carbonyl (C=O) groups is 1. The topological polar surface area (TPSA) is 86.1 Å². The van der Waals surface area contributed by atoms with Crippen molar-refractivity contribution in [2.24, 2.45) is 9.77 Å². The van der Waals surface area contributed by atoms with Crippen molar-refractivity contribution in [1.29, 1.82) is 0 Å². The van der Waals surface area contributed by atoms with E-state index >= 15 is 0 Å². The third-order valence-corrected chi connectivity index (χ3v) is 0.963. The van der Waals surface area contributed by atoms with E-state index in [2.05, 4.69) is 29.9 Å². The number of aliphatic hydroxyl groups is 1. The number of hydrogen-bond acceptors (Lipinski definition) is 4. The molecule has 3 N–H and O–H groups in total. The first-order valence-electron chi connectivity index (χ1n) is 3.21. The predicted octanol–water partition coefficient (Wildman–Crippen LogP) is -1.10. The second kappa shape index (κ2) is 8.29. The Morgan fingerprint density at radius 1 is 1.75 bits per heavy atom. The zero-order chi connectivity index (χ0) is 9.23. The van der Waals surface area contributed by atoms with Crippen LogP contribution >= 0.6 is 9.39 Å². The molecular weight excluding hydrogens is 178 g/mol. The zero-order valence-electron chi connectivity index (χ0n) is 6.40. The van der Waals surface area contributed by atoms with Crippen molar-refractivity contribution in [3.05, 3.63) is 0 Å². The Morgan fingerprint density at radius 3 is 3.08 bits per heavy atom. The van der Waals surface area contributed by atoms with Crippen LogP contribution in [0.5, 0.6) is 0 Å². The van der Waals surface area contributed by atoms with E-state index in [0.717, 1.165) is 0 Å². The summed E-state index contributed by atoms with van der Waals surface area (Å²) in [6.07, 6.45) is 1.32. The molecule has 2 amide bonds. The second-order valence-electron chi connectivity index (χ2n) is 1.67. The molecule has 0 aliphatic rings. The monoisotopic (exact) mass is 188 g/mol. The quantitative estimate of drug-likeness (QED) is 0.226. The molecule has 1 unspecified atom stereocenters. The molecule has 12 heavy (non-hydrogen) atoms. The van der Waals surface area contributed by atoms with Gasteiger partial charge in [0.05, 0.1) is 0 Å². The number of nitrogens with zero attached hydrogens (tertiary/aromatic N) is 2. The average Bonchev–Trinajstić information content (AvgIpc) is 2.09. The van der Waals surface area contributed by atoms with Crippen LogP contribution in [0, 0.1) is 0 Å². The van der Waals surface area contributed by atoms with Crippen molar-refractivity contribution in [3.63, 3.8) is 0 Å². The molecule has 0 aromatic rings. The molecule has 66 valence electrons. The van der Waals surface area contributed by atoms with Crippen molar-refractivity contribution < 1.29 is 9.90 Å². The van der Waals surface area contributed by atoms with Gasteiger partial charge in [0.25, 0.3) is 0 Å². The van der Waals surface area contributed by atoms with E-state index in [0.29, 0.717) is 0 Å². The van der Waals surface area contributed by atoms with Crippen LogP contribution in [0.25, 0.3) is 0 Å². The summed E-state index contributed by atoms with van der Waals surface area (Å²) in [5, 5.41) is 14.1. The van der Waals surface area contributed by atoms with Gasteiger partial charge in [0.2, 0.25) is 0 Å². The summed E-state index contributed by atoms with van der Waals surface area (Å²) < 4.78 is 3.53. The van der Waals surface area contributed by atoms with Gasteiger partial charge in [-0.2, -0.15) is 0 Å². The SMILES string of the molecule is O=C(NCCO)NN=C/B=N/P. The summed E-state index contributed by atoms with van der Waals surface area (Å²) in [7, 11) is 3.52. The van der Waals surface area contributed by atoms with E-state index in [9.17, 15) is 4.79 Å². The Bertz CT molecular complexity index is 186. The van der Waals surface area contributed by atoms with E-state index in [-0.39, 0.29) is 13.2 Å². The fourth-order valence-electron chi connectivity index (χ4n) is 0.377. The maximum atomic E-state index is 10.7. The van der Waals surface area contributed by atoms with Crippen molar-refractivity contribution in [2.75, 3.05) is 13.2 Å². The molecule has 1 atom stereocenters. The molecule has 8 heteroatoms. The Kier molecular flexibility index (Phi) is 7.74. The predicted molar refractivity (Wildman–Crippen MR) is 50.0 cm³/mol. The van der Waals surface area contributed by atoms with Crippen LogP contribution < -0.4 is 10.7 Å². The maximum absolute atomic E-state index is 10.7. The number of amides is 2. The second-order valence-corrected chi connectivity index (χ2v) is 1.97. The average molecular weight is 188 g/mol. The van der Waals surface area contributed by atoms with Gasteiger partial charge in [0, 0.05) is 0 Å². The minimum absolute atomic E-state index is 0.0931. The van der Waals surface area contributed by atoms with Gasteiger partial charge < -0.3 is 0 Å². The van der Waals surface area contributed by atoms with Crippen LogP contribution in [0.4, 0.5) is 4.79 Å². The van der Waals surface area contributed by atoms with Crippen LogP contribution in [0.2, 0.25) is 0 Å². The summed E-state index contributed by atoms with van der Waals surface area (Å²) in [6, 6.07) is -0.461. The molecule has 0 heterocycles. The van der Waals surface area contributed by atoms with Gasteiger partial charge in [-0.15, -0.1) is 0 Å². The van der Waals surface area contributed by atoms with Crippen molar-refractivity contribution in [3.8, 4) is 0 Å². The fourth-order valence-corrected chi connectivity index (χ4v) is 0.454. The molecular formula is C4H10BN4O2P. The first-order valence-corrected chi connectivity index (χ1v) is 3.72. The van der Waals surface area contributed by atoms with E-state index in [4.69, 9.17) is 5.11 Å². The number of hydrazone groups is 1. The van der Waals surface area contributed by atoms with Gasteiger partial charge in [-0.3, -0.25) is 0 Å². The normalized spacial score (nSPS) is 10.2. The van der Waals surface area contributed by atoms with Crippen LogP contribution in [0.3, 0.4) is 0 Å². The molecule has 0 spiro atoms. The summed E-state index contributed by atoms with van der Waals surface area (Å²) in [5.41, 5.74) is 2.16. The van der Waals surface area contributed by atoms with Crippen LogP contribution in [-0.4, -0.2) is 37.5 Å². The molecule has 0 fully saturated rings. The Labute approximate surface area is 73.0 Å². The summed E-state index contributed by atoms with van der Waals surface area (Å²) >= 11 is 0. The van der Waals surface area contributed by atoms with E-state index in [1.807, 2.05) is 0 Å². The fraction of sp³-hybridized carbons (Fsp3) is 0.500. The third-order valence-electron chi connectivity index (χ3n) is 0.791. The summed E-state index contributed by atoms with van der Waals surface area (Å²) in [4.78, 5) is 10.7. The molecule has 0 aliphatic heterocycles. The molecule has 0 saturated carbocycles. The molecule has 6 nitrogen and oxygen atoms in total. The zero-order valence-corrected chi connectivity index (χ0v) is 7.55. The third kappa shape index (κ3) is 7.30. The van der Waals surface area contributed by atoms with Crippen molar-refractivity contribution in [1.82, 2.24) is 10.7 Å². The van der Waals surface area contributed by atoms with Crippen LogP contribution in [-0.2, 0) is 0 Å². The number of aliphatic hydroxyl groups excluding tert-OH is 1. The molecule has 0 bridgehead atoms. The Balaban J connectivity index is 3.43. The van der Waals surface area contributed by atoms with E-state index < -0.39 is 6.03 Å². The molecule has 0 aromatic carbocycles. The Morgan fingerprint density at radius 2 is 2.50 bits per heavy atom. The molecule has 0 rings (SSSR count). The minimum atomic E-state index is -0.461. The van der Waals surface area contributed by atoms with Gasteiger partial charge in [0.15, 0.2) is 0 Å². The number of nitrogens with one attached hydrogen (secondary N) is 2. The van der Waals surface area contributed by atoms with Crippen LogP contribution in [0.1, 0.15) is 0 Å². The van der Waals surface area contributed by atoms with Crippen molar-refractivity contribution in [2.45, 2.75) is 0 Å². The molecule has 0 aromatic heterocycles. The van der Waals surface area contributed by atoms with E-state index in [1.54, 1.807) is 0 Å².